The number of halogens is 3. The lowest BCUT2D eigenvalue weighted by molar-refractivity contribution is -0.183. The number of hydrogen-bond donors (Lipinski definition) is 1. The van der Waals surface area contributed by atoms with E-state index in [1.807, 2.05) is 11.8 Å². The van der Waals surface area contributed by atoms with Crippen molar-refractivity contribution >= 4 is 11.8 Å². The number of ether oxygens (including phenoxy) is 1. The third-order valence-corrected chi connectivity index (χ3v) is 6.11. The lowest BCUT2D eigenvalue weighted by Crippen LogP contribution is -2.47. The Balaban J connectivity index is 1.83. The molecule has 6 heteroatoms. The molecule has 2 rings (SSSR count). The van der Waals surface area contributed by atoms with Gasteiger partial charge in [0, 0.05) is 30.5 Å². The Morgan fingerprint density at radius 2 is 1.95 bits per heavy atom. The zero-order chi connectivity index (χ0) is 14.6. The monoisotopic (exact) mass is 311 g/mol. The van der Waals surface area contributed by atoms with Crippen LogP contribution in [0.4, 0.5) is 13.2 Å². The van der Waals surface area contributed by atoms with Gasteiger partial charge in [-0.05, 0) is 38.4 Å². The van der Waals surface area contributed by atoms with Gasteiger partial charge in [-0.25, -0.2) is 0 Å². The van der Waals surface area contributed by atoms with Crippen LogP contribution in [0, 0.1) is 5.92 Å². The molecule has 2 fully saturated rings. The standard InChI is InChI=1S/C14H24F3NOS/c1-20-13(5-7-19-8-6-13)10-18-12-4-2-3-11(9-12)14(15,16)17/h11-12,18H,2-10H2,1H3. The fourth-order valence-electron chi connectivity index (χ4n) is 3.20. The number of rotatable bonds is 4. The summed E-state index contributed by atoms with van der Waals surface area (Å²) in [6.45, 7) is 2.32. The summed E-state index contributed by atoms with van der Waals surface area (Å²) in [6.07, 6.45) is 2.11. The Morgan fingerprint density at radius 1 is 1.25 bits per heavy atom. The van der Waals surface area contributed by atoms with Crippen molar-refractivity contribution in [3.05, 3.63) is 0 Å². The lowest BCUT2D eigenvalue weighted by Gasteiger charge is -2.38. The maximum absolute atomic E-state index is 12.8. The van der Waals surface area contributed by atoms with E-state index < -0.39 is 12.1 Å². The van der Waals surface area contributed by atoms with Crippen LogP contribution in [-0.4, -0.2) is 43.0 Å². The smallest absolute Gasteiger partial charge is 0.381 e. The molecule has 0 bridgehead atoms. The van der Waals surface area contributed by atoms with Crippen LogP contribution in [0.1, 0.15) is 38.5 Å². The molecule has 0 aromatic carbocycles. The average Bonchev–Trinajstić information content (AvgIpc) is 2.46. The molecule has 1 N–H and O–H groups in total. The van der Waals surface area contributed by atoms with Crippen LogP contribution in [0.25, 0.3) is 0 Å². The van der Waals surface area contributed by atoms with Crippen molar-refractivity contribution in [2.75, 3.05) is 26.0 Å². The Bertz CT molecular complexity index is 305. The summed E-state index contributed by atoms with van der Waals surface area (Å²) in [7, 11) is 0. The fraction of sp³-hybridized carbons (Fsp3) is 1.00. The summed E-state index contributed by atoms with van der Waals surface area (Å²) < 4.78 is 43.9. The number of hydrogen-bond acceptors (Lipinski definition) is 3. The molecule has 2 atom stereocenters. The molecule has 1 aliphatic heterocycles. The van der Waals surface area contributed by atoms with Gasteiger partial charge in [-0.15, -0.1) is 0 Å². The van der Waals surface area contributed by atoms with Gasteiger partial charge in [0.25, 0.3) is 0 Å². The second kappa shape index (κ2) is 6.88. The van der Waals surface area contributed by atoms with Crippen molar-refractivity contribution in [1.29, 1.82) is 0 Å². The van der Waals surface area contributed by atoms with Crippen LogP contribution in [-0.2, 0) is 4.74 Å². The third-order valence-electron chi connectivity index (χ3n) is 4.69. The maximum Gasteiger partial charge on any atom is 0.391 e. The minimum absolute atomic E-state index is 0.0160. The Labute approximate surface area is 123 Å². The molecule has 20 heavy (non-hydrogen) atoms. The van der Waals surface area contributed by atoms with Gasteiger partial charge in [0.15, 0.2) is 0 Å². The molecule has 2 nitrogen and oxygen atoms in total. The van der Waals surface area contributed by atoms with Crippen molar-refractivity contribution < 1.29 is 17.9 Å². The normalized spacial score (nSPS) is 31.2. The molecule has 0 radical (unpaired) electrons. The summed E-state index contributed by atoms with van der Waals surface area (Å²) in [5, 5.41) is 3.41. The fourth-order valence-corrected chi connectivity index (χ4v) is 4.00. The van der Waals surface area contributed by atoms with Crippen LogP contribution < -0.4 is 5.32 Å². The zero-order valence-electron chi connectivity index (χ0n) is 12.0. The van der Waals surface area contributed by atoms with Crippen molar-refractivity contribution in [3.63, 3.8) is 0 Å². The molecule has 1 heterocycles. The Kier molecular flexibility index (Phi) is 5.65. The van der Waals surface area contributed by atoms with Gasteiger partial charge in [0.1, 0.15) is 0 Å². The third kappa shape index (κ3) is 4.28. The molecule has 118 valence electrons. The first-order valence-corrected chi connectivity index (χ1v) is 8.61. The number of nitrogens with one attached hydrogen (secondary N) is 1. The van der Waals surface area contributed by atoms with Gasteiger partial charge in [-0.3, -0.25) is 0 Å². The van der Waals surface area contributed by atoms with E-state index in [2.05, 4.69) is 11.6 Å². The molecule has 2 unspecified atom stereocenters. The molecule has 0 aromatic rings. The Morgan fingerprint density at radius 3 is 2.55 bits per heavy atom. The SMILES string of the molecule is CSC1(CNC2CCCC(C(F)(F)F)C2)CCOCC1. The molecular formula is C14H24F3NOS. The summed E-state index contributed by atoms with van der Waals surface area (Å²) in [5.74, 6) is -1.12. The van der Waals surface area contributed by atoms with Crippen molar-refractivity contribution in [3.8, 4) is 0 Å². The predicted molar refractivity (Wildman–Crippen MR) is 76.1 cm³/mol. The zero-order valence-corrected chi connectivity index (χ0v) is 12.8. The molecule has 1 aliphatic carbocycles. The molecule has 0 amide bonds. The summed E-state index contributed by atoms with van der Waals surface area (Å²) >= 11 is 1.82. The summed E-state index contributed by atoms with van der Waals surface area (Å²) in [6, 6.07) is 0.0160. The molecule has 0 aromatic heterocycles. The van der Waals surface area contributed by atoms with E-state index in [4.69, 9.17) is 4.74 Å². The van der Waals surface area contributed by atoms with E-state index >= 15 is 0 Å². The van der Waals surface area contributed by atoms with Gasteiger partial charge in [0.2, 0.25) is 0 Å². The van der Waals surface area contributed by atoms with Crippen molar-refractivity contribution in [1.82, 2.24) is 5.32 Å². The predicted octanol–water partition coefficient (Wildman–Crippen LogP) is 3.61. The topological polar surface area (TPSA) is 21.3 Å². The first-order chi connectivity index (χ1) is 9.45. The minimum atomic E-state index is -4.03. The molecule has 1 saturated heterocycles. The highest BCUT2D eigenvalue weighted by Gasteiger charge is 2.42. The number of alkyl halides is 3. The first kappa shape index (κ1) is 16.4. The van der Waals surface area contributed by atoms with Gasteiger partial charge in [0.05, 0.1) is 5.92 Å². The van der Waals surface area contributed by atoms with E-state index in [-0.39, 0.29) is 17.2 Å². The first-order valence-electron chi connectivity index (χ1n) is 7.38. The number of thioether (sulfide) groups is 1. The second-order valence-corrected chi connectivity index (χ2v) is 7.26. The van der Waals surface area contributed by atoms with Gasteiger partial charge in [-0.1, -0.05) is 6.42 Å². The molecule has 2 aliphatic rings. The van der Waals surface area contributed by atoms with Crippen LogP contribution >= 0.6 is 11.8 Å². The molecule has 0 spiro atoms. The van der Waals surface area contributed by atoms with E-state index in [1.165, 1.54) is 0 Å². The second-order valence-electron chi connectivity index (χ2n) is 5.98. The molecule has 1 saturated carbocycles. The van der Waals surface area contributed by atoms with Crippen LogP contribution in [0.15, 0.2) is 0 Å². The van der Waals surface area contributed by atoms with E-state index in [9.17, 15) is 13.2 Å². The van der Waals surface area contributed by atoms with E-state index in [1.54, 1.807) is 0 Å². The van der Waals surface area contributed by atoms with E-state index in [0.29, 0.717) is 12.8 Å². The Hall–Kier alpha value is 0.0600. The maximum atomic E-state index is 12.8. The highest BCUT2D eigenvalue weighted by Crippen LogP contribution is 2.38. The summed E-state index contributed by atoms with van der Waals surface area (Å²) in [4.78, 5) is 0. The van der Waals surface area contributed by atoms with Crippen molar-refractivity contribution in [2.24, 2.45) is 5.92 Å². The largest absolute Gasteiger partial charge is 0.391 e. The lowest BCUT2D eigenvalue weighted by atomic mass is 9.85. The summed E-state index contributed by atoms with van der Waals surface area (Å²) in [5.41, 5.74) is 0. The van der Waals surface area contributed by atoms with Crippen LogP contribution in [0.5, 0.6) is 0 Å². The van der Waals surface area contributed by atoms with Crippen LogP contribution in [0.3, 0.4) is 0 Å². The van der Waals surface area contributed by atoms with Gasteiger partial charge < -0.3 is 10.1 Å². The average molecular weight is 311 g/mol. The van der Waals surface area contributed by atoms with Crippen LogP contribution in [0.2, 0.25) is 0 Å². The molecular weight excluding hydrogens is 287 g/mol. The van der Waals surface area contributed by atoms with Crippen molar-refractivity contribution in [2.45, 2.75) is 55.5 Å². The minimum Gasteiger partial charge on any atom is -0.381 e. The van der Waals surface area contributed by atoms with Gasteiger partial charge >= 0.3 is 6.18 Å². The quantitative estimate of drug-likeness (QED) is 0.857. The highest BCUT2D eigenvalue weighted by atomic mass is 32.2. The highest BCUT2D eigenvalue weighted by molar-refractivity contribution is 8.00. The van der Waals surface area contributed by atoms with E-state index in [0.717, 1.165) is 39.0 Å². The van der Waals surface area contributed by atoms with Gasteiger partial charge in [-0.2, -0.15) is 24.9 Å².